The number of hydrogen-bond donors (Lipinski definition) is 0. The number of carbonyl (C=O) groups is 2. The highest BCUT2D eigenvalue weighted by atomic mass is 16.6. The van der Waals surface area contributed by atoms with E-state index in [-0.39, 0.29) is 24.3 Å². The number of hydrogen-bond acceptors (Lipinski definition) is 4. The minimum Gasteiger partial charge on any atom is -0.448 e. The van der Waals surface area contributed by atoms with E-state index in [1.165, 1.54) is 12.8 Å². The lowest BCUT2D eigenvalue weighted by molar-refractivity contribution is -0.0827. The van der Waals surface area contributed by atoms with Gasteiger partial charge < -0.3 is 9.47 Å². The van der Waals surface area contributed by atoms with Crippen LogP contribution < -0.4 is 0 Å². The smallest absolute Gasteiger partial charge is 0.429 e. The lowest BCUT2D eigenvalue weighted by atomic mass is 9.78. The highest BCUT2D eigenvalue weighted by Crippen LogP contribution is 2.78. The highest BCUT2D eigenvalue weighted by Gasteiger charge is 2.83. The molecule has 8 atom stereocenters. The summed E-state index contributed by atoms with van der Waals surface area (Å²) in [6, 6.07) is 0.343. The van der Waals surface area contributed by atoms with E-state index in [0.717, 1.165) is 17.8 Å². The average Bonchev–Trinajstić information content (AvgIpc) is 3.27. The Balaban J connectivity index is 1.52. The van der Waals surface area contributed by atoms with Crippen molar-refractivity contribution >= 4 is 12.2 Å². The van der Waals surface area contributed by atoms with Gasteiger partial charge in [-0.3, -0.25) is 0 Å². The molecule has 2 unspecified atom stereocenters. The summed E-state index contributed by atoms with van der Waals surface area (Å²) < 4.78 is 10.5. The molecule has 0 spiro atoms. The van der Waals surface area contributed by atoms with E-state index in [1.807, 2.05) is 0 Å². The Morgan fingerprint density at radius 1 is 0.818 bits per heavy atom. The fourth-order valence-electron chi connectivity index (χ4n) is 7.00. The summed E-state index contributed by atoms with van der Waals surface area (Å²) in [6.45, 7) is 4.26. The zero-order chi connectivity index (χ0) is 15.2. The third kappa shape index (κ3) is 1.18. The van der Waals surface area contributed by atoms with Crippen molar-refractivity contribution in [1.82, 2.24) is 10.0 Å². The molecule has 1 heterocycles. The van der Waals surface area contributed by atoms with Gasteiger partial charge in [-0.2, -0.15) is 0 Å². The van der Waals surface area contributed by atoms with Gasteiger partial charge in [0.2, 0.25) is 0 Å². The van der Waals surface area contributed by atoms with E-state index >= 15 is 0 Å². The second-order valence-corrected chi connectivity index (χ2v) is 7.28. The molecule has 8 bridgehead atoms. The molecule has 6 fully saturated rings. The molecular formula is C16H22N2O4. The Bertz CT molecular complexity index is 506. The Morgan fingerprint density at radius 2 is 1.27 bits per heavy atom. The maximum Gasteiger partial charge on any atom is 0.429 e. The van der Waals surface area contributed by atoms with Crippen LogP contribution in [0.2, 0.25) is 0 Å². The predicted molar refractivity (Wildman–Crippen MR) is 75.5 cm³/mol. The Labute approximate surface area is 129 Å². The zero-order valence-corrected chi connectivity index (χ0v) is 13.0. The fraction of sp³-hybridized carbons (Fsp3) is 0.875. The van der Waals surface area contributed by atoms with Gasteiger partial charge in [-0.15, -0.1) is 0 Å². The summed E-state index contributed by atoms with van der Waals surface area (Å²) in [5.74, 6) is 3.93. The molecule has 1 aliphatic heterocycles. The maximum absolute atomic E-state index is 12.5. The molecule has 0 aromatic rings. The number of hydrazine groups is 1. The van der Waals surface area contributed by atoms with Crippen molar-refractivity contribution in [3.63, 3.8) is 0 Å². The first-order valence-corrected chi connectivity index (χ1v) is 8.62. The SMILES string of the molecule is CCOC(=O)N1[C@H]2C3C4[C@H]5CC[C@H]4[C@H]([C@H]52)[C@H]3N1C(=O)OCC. The average molecular weight is 306 g/mol. The molecule has 0 aromatic heterocycles. The molecule has 6 aliphatic rings. The summed E-state index contributed by atoms with van der Waals surface area (Å²) in [4.78, 5) is 24.9. The number of carbonyl (C=O) groups excluding carboxylic acids is 2. The summed E-state index contributed by atoms with van der Waals surface area (Å²) in [6.07, 6.45) is 1.86. The molecule has 0 N–H and O–H groups in total. The molecule has 2 amide bonds. The fourth-order valence-corrected chi connectivity index (χ4v) is 7.00. The summed E-state index contributed by atoms with van der Waals surface area (Å²) in [7, 11) is 0. The lowest BCUT2D eigenvalue weighted by Crippen LogP contribution is -2.59. The molecule has 22 heavy (non-hydrogen) atoms. The second kappa shape index (κ2) is 4.09. The van der Waals surface area contributed by atoms with Crippen LogP contribution in [0, 0.1) is 35.5 Å². The number of amides is 2. The minimum atomic E-state index is -0.380. The van der Waals surface area contributed by atoms with Crippen molar-refractivity contribution in [3.8, 4) is 0 Å². The van der Waals surface area contributed by atoms with E-state index in [0.29, 0.717) is 31.0 Å². The molecule has 5 aliphatic carbocycles. The van der Waals surface area contributed by atoms with Crippen molar-refractivity contribution < 1.29 is 19.1 Å². The van der Waals surface area contributed by atoms with Gasteiger partial charge in [0, 0.05) is 5.92 Å². The second-order valence-electron chi connectivity index (χ2n) is 7.28. The van der Waals surface area contributed by atoms with Crippen LogP contribution in [-0.2, 0) is 9.47 Å². The van der Waals surface area contributed by atoms with Crippen LogP contribution in [0.5, 0.6) is 0 Å². The summed E-state index contributed by atoms with van der Waals surface area (Å²) in [5, 5.41) is 3.24. The Hall–Kier alpha value is -1.46. The maximum atomic E-state index is 12.5. The predicted octanol–water partition coefficient (Wildman–Crippen LogP) is 2.10. The molecule has 0 aromatic carbocycles. The van der Waals surface area contributed by atoms with Gasteiger partial charge in [0.1, 0.15) is 0 Å². The van der Waals surface area contributed by atoms with Crippen molar-refractivity contribution in [1.29, 1.82) is 0 Å². The largest absolute Gasteiger partial charge is 0.448 e. The first-order chi connectivity index (χ1) is 10.7. The van der Waals surface area contributed by atoms with Crippen LogP contribution in [0.15, 0.2) is 0 Å². The summed E-state index contributed by atoms with van der Waals surface area (Å²) >= 11 is 0. The number of ether oxygens (including phenoxy) is 2. The van der Waals surface area contributed by atoms with Gasteiger partial charge in [0.05, 0.1) is 25.3 Å². The van der Waals surface area contributed by atoms with E-state index in [1.54, 1.807) is 23.9 Å². The standard InChI is InChI=1S/C16H22N2O4/c1-3-21-15(19)17-13-10-7-5-6-8-9(7)12(13)14(11(8)10)18(17)16(20)22-4-2/h7-14H,3-6H2,1-2H3/t7-,8-,9?,10-,11+,12?,13-,14-/m1/s1. The van der Waals surface area contributed by atoms with Crippen LogP contribution >= 0.6 is 0 Å². The first-order valence-electron chi connectivity index (χ1n) is 8.62. The van der Waals surface area contributed by atoms with Crippen LogP contribution in [0.3, 0.4) is 0 Å². The summed E-state index contributed by atoms with van der Waals surface area (Å²) in [5.41, 5.74) is 0. The third-order valence-electron chi connectivity index (χ3n) is 6.98. The number of rotatable bonds is 2. The monoisotopic (exact) mass is 306 g/mol. The Kier molecular flexibility index (Phi) is 2.42. The van der Waals surface area contributed by atoms with Crippen LogP contribution in [0.25, 0.3) is 0 Å². The third-order valence-corrected chi connectivity index (χ3v) is 6.98. The van der Waals surface area contributed by atoms with E-state index in [2.05, 4.69) is 0 Å². The molecule has 0 radical (unpaired) electrons. The van der Waals surface area contributed by atoms with Gasteiger partial charge in [-0.25, -0.2) is 19.6 Å². The first kappa shape index (κ1) is 13.0. The lowest BCUT2D eigenvalue weighted by Gasteiger charge is -2.45. The molecule has 1 saturated heterocycles. The van der Waals surface area contributed by atoms with Gasteiger partial charge >= 0.3 is 12.2 Å². The minimum absolute atomic E-state index is 0.171. The van der Waals surface area contributed by atoms with Crippen LogP contribution in [-0.4, -0.2) is 47.5 Å². The van der Waals surface area contributed by atoms with Crippen molar-refractivity contribution in [2.45, 2.75) is 38.8 Å². The van der Waals surface area contributed by atoms with Crippen LogP contribution in [0.1, 0.15) is 26.7 Å². The quantitative estimate of drug-likeness (QED) is 0.784. The molecule has 6 rings (SSSR count). The van der Waals surface area contributed by atoms with Gasteiger partial charge in [-0.05, 0) is 56.3 Å². The molecular weight excluding hydrogens is 284 g/mol. The molecule has 120 valence electrons. The van der Waals surface area contributed by atoms with Crippen molar-refractivity contribution in [2.75, 3.05) is 13.2 Å². The van der Waals surface area contributed by atoms with E-state index in [9.17, 15) is 9.59 Å². The number of nitrogens with zero attached hydrogens (tertiary/aromatic N) is 2. The topological polar surface area (TPSA) is 59.1 Å². The van der Waals surface area contributed by atoms with Crippen molar-refractivity contribution in [3.05, 3.63) is 0 Å². The van der Waals surface area contributed by atoms with Gasteiger partial charge in [0.25, 0.3) is 0 Å². The molecule has 5 saturated carbocycles. The van der Waals surface area contributed by atoms with Gasteiger partial charge in [-0.1, -0.05) is 0 Å². The van der Waals surface area contributed by atoms with Crippen molar-refractivity contribution in [2.24, 2.45) is 35.5 Å². The van der Waals surface area contributed by atoms with E-state index in [4.69, 9.17) is 9.47 Å². The van der Waals surface area contributed by atoms with Gasteiger partial charge in [0.15, 0.2) is 0 Å². The van der Waals surface area contributed by atoms with Crippen LogP contribution in [0.4, 0.5) is 9.59 Å². The zero-order valence-electron chi connectivity index (χ0n) is 13.0. The molecule has 6 heteroatoms. The van der Waals surface area contributed by atoms with E-state index < -0.39 is 0 Å². The highest BCUT2D eigenvalue weighted by molar-refractivity contribution is 5.77. The Morgan fingerprint density at radius 3 is 1.68 bits per heavy atom. The molecule has 6 nitrogen and oxygen atoms in total. The normalized spacial score (nSPS) is 48.6.